The molecule has 0 bridgehead atoms. The second-order valence-corrected chi connectivity index (χ2v) is 4.45. The summed E-state index contributed by atoms with van der Waals surface area (Å²) in [5, 5.41) is 9.21. The zero-order valence-corrected chi connectivity index (χ0v) is 8.92. The molecule has 0 aromatic rings. The van der Waals surface area contributed by atoms with Crippen molar-refractivity contribution in [2.45, 2.75) is 38.3 Å². The van der Waals surface area contributed by atoms with Gasteiger partial charge in [-0.25, -0.2) is 0 Å². The highest BCUT2D eigenvalue weighted by Crippen LogP contribution is 2.20. The van der Waals surface area contributed by atoms with E-state index >= 15 is 0 Å². The molecule has 0 aromatic carbocycles. The van der Waals surface area contributed by atoms with E-state index < -0.39 is 0 Å². The summed E-state index contributed by atoms with van der Waals surface area (Å²) in [6, 6.07) is 0.468. The largest absolute Gasteiger partial charge is 0.394 e. The lowest BCUT2D eigenvalue weighted by molar-refractivity contribution is -0.0261. The highest BCUT2D eigenvalue weighted by molar-refractivity contribution is 4.84. The summed E-state index contributed by atoms with van der Waals surface area (Å²) in [5.41, 5.74) is -0.134. The lowest BCUT2D eigenvalue weighted by atomic mass is 9.99. The van der Waals surface area contributed by atoms with Gasteiger partial charge < -0.3 is 9.84 Å². The minimum atomic E-state index is -0.134. The summed E-state index contributed by atoms with van der Waals surface area (Å²) in [5.74, 6) is 0. The van der Waals surface area contributed by atoms with Crippen molar-refractivity contribution in [2.24, 2.45) is 0 Å². The van der Waals surface area contributed by atoms with Gasteiger partial charge in [0.25, 0.3) is 0 Å². The molecular formula is C10H21NO2. The van der Waals surface area contributed by atoms with Crippen molar-refractivity contribution in [2.75, 3.05) is 26.9 Å². The Morgan fingerprint density at radius 1 is 1.54 bits per heavy atom. The SMILES string of the molecule is CN(C1CCCOC1)C(C)(C)CO. The van der Waals surface area contributed by atoms with Crippen molar-refractivity contribution >= 4 is 0 Å². The summed E-state index contributed by atoms with van der Waals surface area (Å²) < 4.78 is 5.42. The van der Waals surface area contributed by atoms with Crippen molar-refractivity contribution < 1.29 is 9.84 Å². The van der Waals surface area contributed by atoms with Crippen LogP contribution in [0, 0.1) is 0 Å². The molecule has 78 valence electrons. The Morgan fingerprint density at radius 3 is 2.69 bits per heavy atom. The van der Waals surface area contributed by atoms with Crippen LogP contribution in [-0.4, -0.2) is 48.5 Å². The van der Waals surface area contributed by atoms with Crippen molar-refractivity contribution in [3.05, 3.63) is 0 Å². The third-order valence-corrected chi connectivity index (χ3v) is 3.03. The second-order valence-electron chi connectivity index (χ2n) is 4.45. The molecule has 3 nitrogen and oxygen atoms in total. The molecule has 1 fully saturated rings. The fourth-order valence-corrected chi connectivity index (χ4v) is 1.63. The van der Waals surface area contributed by atoms with Gasteiger partial charge in [-0.1, -0.05) is 0 Å². The molecule has 0 aliphatic carbocycles. The van der Waals surface area contributed by atoms with E-state index in [1.807, 2.05) is 0 Å². The maximum absolute atomic E-state index is 9.21. The van der Waals surface area contributed by atoms with Crippen molar-refractivity contribution in [3.8, 4) is 0 Å². The molecule has 13 heavy (non-hydrogen) atoms. The quantitative estimate of drug-likeness (QED) is 0.711. The molecule has 1 N–H and O–H groups in total. The molecule has 3 heteroatoms. The topological polar surface area (TPSA) is 32.7 Å². The summed E-state index contributed by atoms with van der Waals surface area (Å²) in [7, 11) is 2.07. The van der Waals surface area contributed by atoms with Crippen LogP contribution in [-0.2, 0) is 4.74 Å². The average Bonchev–Trinajstić information content (AvgIpc) is 2.18. The Kier molecular flexibility index (Phi) is 3.71. The average molecular weight is 187 g/mol. The molecule has 0 spiro atoms. The molecule has 0 aromatic heterocycles. The van der Waals surface area contributed by atoms with Crippen LogP contribution in [0.15, 0.2) is 0 Å². The minimum Gasteiger partial charge on any atom is -0.394 e. The number of nitrogens with zero attached hydrogens (tertiary/aromatic N) is 1. The molecule has 0 saturated carbocycles. The standard InChI is InChI=1S/C10H21NO2/c1-10(2,8-12)11(3)9-5-4-6-13-7-9/h9,12H,4-8H2,1-3H3. The lowest BCUT2D eigenvalue weighted by Gasteiger charge is -2.41. The molecule has 0 amide bonds. The predicted molar refractivity (Wildman–Crippen MR) is 52.8 cm³/mol. The Bertz CT molecular complexity index is 153. The van der Waals surface area contributed by atoms with E-state index in [9.17, 15) is 5.11 Å². The number of aliphatic hydroxyl groups excluding tert-OH is 1. The maximum atomic E-state index is 9.21. The van der Waals surface area contributed by atoms with Gasteiger partial charge in [0.15, 0.2) is 0 Å². The van der Waals surface area contributed by atoms with Crippen LogP contribution in [0.4, 0.5) is 0 Å². The maximum Gasteiger partial charge on any atom is 0.0621 e. The summed E-state index contributed by atoms with van der Waals surface area (Å²) >= 11 is 0. The van der Waals surface area contributed by atoms with Crippen LogP contribution in [0.25, 0.3) is 0 Å². The normalized spacial score (nSPS) is 25.2. The van der Waals surface area contributed by atoms with E-state index in [2.05, 4.69) is 25.8 Å². The van der Waals surface area contributed by atoms with E-state index in [0.29, 0.717) is 6.04 Å². The smallest absolute Gasteiger partial charge is 0.0621 e. The van der Waals surface area contributed by atoms with E-state index in [1.165, 1.54) is 6.42 Å². The van der Waals surface area contributed by atoms with E-state index in [1.54, 1.807) is 0 Å². The molecular weight excluding hydrogens is 166 g/mol. The van der Waals surface area contributed by atoms with Crippen LogP contribution in [0.1, 0.15) is 26.7 Å². The first-order chi connectivity index (χ1) is 6.08. The minimum absolute atomic E-state index is 0.134. The van der Waals surface area contributed by atoms with E-state index in [-0.39, 0.29) is 12.1 Å². The fourth-order valence-electron chi connectivity index (χ4n) is 1.63. The van der Waals surface area contributed by atoms with Crippen LogP contribution < -0.4 is 0 Å². The summed E-state index contributed by atoms with van der Waals surface area (Å²) in [6.45, 7) is 6.01. The van der Waals surface area contributed by atoms with Gasteiger partial charge in [-0.2, -0.15) is 0 Å². The summed E-state index contributed by atoms with van der Waals surface area (Å²) in [4.78, 5) is 2.23. The van der Waals surface area contributed by atoms with Crippen LogP contribution in [0.2, 0.25) is 0 Å². The van der Waals surface area contributed by atoms with Gasteiger partial charge >= 0.3 is 0 Å². The first kappa shape index (κ1) is 11.0. The number of rotatable bonds is 3. The Hall–Kier alpha value is -0.120. The van der Waals surface area contributed by atoms with E-state index in [4.69, 9.17) is 4.74 Å². The van der Waals surface area contributed by atoms with Crippen LogP contribution in [0.3, 0.4) is 0 Å². The molecule has 1 unspecified atom stereocenters. The molecule has 1 aliphatic rings. The number of aliphatic hydroxyl groups is 1. The zero-order valence-electron chi connectivity index (χ0n) is 8.92. The van der Waals surface area contributed by atoms with E-state index in [0.717, 1.165) is 19.6 Å². The van der Waals surface area contributed by atoms with Crippen molar-refractivity contribution in [1.82, 2.24) is 4.90 Å². The van der Waals surface area contributed by atoms with Crippen molar-refractivity contribution in [3.63, 3.8) is 0 Å². The molecule has 1 aliphatic heterocycles. The summed E-state index contributed by atoms with van der Waals surface area (Å²) in [6.07, 6.45) is 2.32. The zero-order chi connectivity index (χ0) is 9.90. The third kappa shape index (κ3) is 2.66. The fraction of sp³-hybridized carbons (Fsp3) is 1.00. The lowest BCUT2D eigenvalue weighted by Crippen LogP contribution is -2.52. The molecule has 1 saturated heterocycles. The Labute approximate surface area is 80.7 Å². The highest BCUT2D eigenvalue weighted by Gasteiger charge is 2.29. The first-order valence-corrected chi connectivity index (χ1v) is 4.99. The number of hydrogen-bond donors (Lipinski definition) is 1. The number of ether oxygens (including phenoxy) is 1. The number of likely N-dealkylation sites (N-methyl/N-ethyl adjacent to an activating group) is 1. The van der Waals surface area contributed by atoms with Gasteiger partial charge in [0.1, 0.15) is 0 Å². The number of hydrogen-bond acceptors (Lipinski definition) is 3. The second kappa shape index (κ2) is 4.40. The monoisotopic (exact) mass is 187 g/mol. The Morgan fingerprint density at radius 2 is 2.23 bits per heavy atom. The van der Waals surface area contributed by atoms with Crippen molar-refractivity contribution in [1.29, 1.82) is 0 Å². The molecule has 1 heterocycles. The molecule has 0 radical (unpaired) electrons. The third-order valence-electron chi connectivity index (χ3n) is 3.03. The van der Waals surface area contributed by atoms with Gasteiger partial charge in [-0.15, -0.1) is 0 Å². The van der Waals surface area contributed by atoms with Gasteiger partial charge in [0.2, 0.25) is 0 Å². The Balaban J connectivity index is 2.49. The molecule has 1 atom stereocenters. The highest BCUT2D eigenvalue weighted by atomic mass is 16.5. The predicted octanol–water partition coefficient (Wildman–Crippen LogP) is 0.868. The first-order valence-electron chi connectivity index (χ1n) is 4.99. The van der Waals surface area contributed by atoms with Crippen LogP contribution >= 0.6 is 0 Å². The van der Waals surface area contributed by atoms with Gasteiger partial charge in [-0.05, 0) is 33.7 Å². The van der Waals surface area contributed by atoms with Gasteiger partial charge in [-0.3, -0.25) is 4.90 Å². The van der Waals surface area contributed by atoms with Gasteiger partial charge in [0, 0.05) is 18.2 Å². The van der Waals surface area contributed by atoms with Gasteiger partial charge in [0.05, 0.1) is 13.2 Å². The van der Waals surface area contributed by atoms with Crippen LogP contribution in [0.5, 0.6) is 0 Å². The molecule has 1 rings (SSSR count).